The van der Waals surface area contributed by atoms with Crippen LogP contribution >= 0.6 is 0 Å². The third-order valence-electron chi connectivity index (χ3n) is 3.25. The minimum absolute atomic E-state index is 0.201. The molecule has 1 saturated heterocycles. The Hall–Kier alpha value is -0.500. The van der Waals surface area contributed by atoms with Crippen LogP contribution in [0.4, 0.5) is 26.3 Å². The monoisotopic (exact) mass is 292 g/mol. The first kappa shape index (κ1) is 16.6. The van der Waals surface area contributed by atoms with Crippen molar-refractivity contribution < 1.29 is 26.3 Å². The fraction of sp³-hybridized carbons (Fsp3) is 1.00. The van der Waals surface area contributed by atoms with Gasteiger partial charge in [-0.3, -0.25) is 9.80 Å². The molecule has 0 saturated carbocycles. The van der Waals surface area contributed by atoms with Crippen LogP contribution in [0.25, 0.3) is 0 Å². The lowest BCUT2D eigenvalue weighted by molar-refractivity contribution is -0.290. The summed E-state index contributed by atoms with van der Waals surface area (Å²) in [6.07, 6.45) is -10.6. The molecule has 1 aliphatic heterocycles. The Bertz CT molecular complexity index is 282. The molecule has 1 rings (SSSR count). The van der Waals surface area contributed by atoms with Crippen LogP contribution in [0.3, 0.4) is 0 Å². The van der Waals surface area contributed by atoms with Crippen LogP contribution in [0.5, 0.6) is 0 Å². The summed E-state index contributed by atoms with van der Waals surface area (Å²) >= 11 is 0. The second-order valence-electron chi connectivity index (χ2n) is 5.68. The highest BCUT2D eigenvalue weighted by Crippen LogP contribution is 2.37. The Kier molecular flexibility index (Phi) is 4.46. The van der Waals surface area contributed by atoms with E-state index in [2.05, 4.69) is 0 Å². The van der Waals surface area contributed by atoms with Crippen LogP contribution in [-0.2, 0) is 0 Å². The van der Waals surface area contributed by atoms with Crippen molar-refractivity contribution in [3.8, 4) is 0 Å². The summed E-state index contributed by atoms with van der Waals surface area (Å²) in [6.45, 7) is 5.58. The van der Waals surface area contributed by atoms with Crippen molar-refractivity contribution >= 4 is 0 Å². The molecule has 0 aromatic heterocycles. The van der Waals surface area contributed by atoms with Crippen molar-refractivity contribution in [2.24, 2.45) is 0 Å². The quantitative estimate of drug-likeness (QED) is 0.686. The maximum Gasteiger partial charge on any atom is 0.412 e. The maximum absolute atomic E-state index is 12.6. The number of piperazine rings is 1. The molecule has 114 valence electrons. The molecule has 0 aliphatic carbocycles. The van der Waals surface area contributed by atoms with E-state index < -0.39 is 18.4 Å². The van der Waals surface area contributed by atoms with Crippen LogP contribution in [0.2, 0.25) is 0 Å². The average Bonchev–Trinajstić information content (AvgIpc) is 2.12. The van der Waals surface area contributed by atoms with E-state index in [1.165, 1.54) is 0 Å². The predicted molar refractivity (Wildman–Crippen MR) is 58.8 cm³/mol. The van der Waals surface area contributed by atoms with Gasteiger partial charge in [-0.2, -0.15) is 26.3 Å². The molecule has 1 aliphatic rings. The van der Waals surface area contributed by atoms with E-state index in [-0.39, 0.29) is 31.7 Å². The van der Waals surface area contributed by atoms with Crippen LogP contribution in [0.15, 0.2) is 0 Å². The molecule has 0 bridgehead atoms. The van der Waals surface area contributed by atoms with Gasteiger partial charge >= 0.3 is 12.4 Å². The van der Waals surface area contributed by atoms with Gasteiger partial charge in [0, 0.05) is 31.7 Å². The third kappa shape index (κ3) is 4.24. The second-order valence-corrected chi connectivity index (χ2v) is 5.68. The van der Waals surface area contributed by atoms with Gasteiger partial charge < -0.3 is 0 Å². The highest BCUT2D eigenvalue weighted by atomic mass is 19.4. The number of alkyl halides is 6. The summed E-state index contributed by atoms with van der Waals surface area (Å²) < 4.78 is 75.3. The highest BCUT2D eigenvalue weighted by Gasteiger charge is 2.59. The lowest BCUT2D eigenvalue weighted by Crippen LogP contribution is -2.62. The number of hydrogen-bond acceptors (Lipinski definition) is 2. The molecule has 1 heterocycles. The number of hydrogen-bond donors (Lipinski definition) is 0. The van der Waals surface area contributed by atoms with Crippen molar-refractivity contribution in [1.82, 2.24) is 9.80 Å². The first-order valence-corrected chi connectivity index (χ1v) is 5.96. The molecular formula is C11H18F6N2. The predicted octanol–water partition coefficient (Wildman–Crippen LogP) is 2.90. The summed E-state index contributed by atoms with van der Waals surface area (Å²) in [7, 11) is 0. The van der Waals surface area contributed by atoms with Gasteiger partial charge in [-0.15, -0.1) is 0 Å². The van der Waals surface area contributed by atoms with Crippen molar-refractivity contribution in [1.29, 1.82) is 0 Å². The van der Waals surface area contributed by atoms with E-state index in [0.29, 0.717) is 4.90 Å². The van der Waals surface area contributed by atoms with Crippen molar-refractivity contribution in [2.45, 2.75) is 44.7 Å². The van der Waals surface area contributed by atoms with E-state index in [4.69, 9.17) is 0 Å². The standard InChI is InChI=1S/C11H18F6N2/c1-9(2,3)19-6-4-18(5-7-19)8(10(12,13)14)11(15,16)17/h8H,4-7H2,1-3H3. The molecule has 0 amide bonds. The van der Waals surface area contributed by atoms with Crippen LogP contribution < -0.4 is 0 Å². The van der Waals surface area contributed by atoms with Gasteiger partial charge in [0.05, 0.1) is 0 Å². The first-order valence-electron chi connectivity index (χ1n) is 5.96. The summed E-state index contributed by atoms with van der Waals surface area (Å²) in [5.74, 6) is 0. The Morgan fingerprint density at radius 3 is 1.37 bits per heavy atom. The van der Waals surface area contributed by atoms with E-state index in [0.717, 1.165) is 0 Å². The smallest absolute Gasteiger partial charge is 0.296 e. The maximum atomic E-state index is 12.6. The molecule has 0 atom stereocenters. The molecule has 8 heteroatoms. The van der Waals surface area contributed by atoms with Crippen molar-refractivity contribution in [2.75, 3.05) is 26.2 Å². The van der Waals surface area contributed by atoms with Gasteiger partial charge in [-0.05, 0) is 20.8 Å². The number of rotatable bonds is 1. The van der Waals surface area contributed by atoms with Gasteiger partial charge in [0.2, 0.25) is 6.04 Å². The molecule has 0 spiro atoms. The Morgan fingerprint density at radius 1 is 0.737 bits per heavy atom. The third-order valence-corrected chi connectivity index (χ3v) is 3.25. The largest absolute Gasteiger partial charge is 0.412 e. The van der Waals surface area contributed by atoms with Gasteiger partial charge in [-0.1, -0.05) is 0 Å². The van der Waals surface area contributed by atoms with E-state index in [1.807, 2.05) is 25.7 Å². The van der Waals surface area contributed by atoms with Crippen LogP contribution in [0.1, 0.15) is 20.8 Å². The molecule has 1 fully saturated rings. The molecule has 19 heavy (non-hydrogen) atoms. The zero-order valence-electron chi connectivity index (χ0n) is 11.1. The van der Waals surface area contributed by atoms with Crippen LogP contribution in [0, 0.1) is 0 Å². The summed E-state index contributed by atoms with van der Waals surface area (Å²) in [5, 5.41) is 0. The second kappa shape index (κ2) is 5.12. The minimum Gasteiger partial charge on any atom is -0.296 e. The number of nitrogens with zero attached hydrogens (tertiary/aromatic N) is 2. The van der Waals surface area contributed by atoms with Gasteiger partial charge in [0.1, 0.15) is 0 Å². The van der Waals surface area contributed by atoms with E-state index in [9.17, 15) is 26.3 Å². The SMILES string of the molecule is CC(C)(C)N1CCN(C(C(F)(F)F)C(F)(F)F)CC1. The van der Waals surface area contributed by atoms with E-state index >= 15 is 0 Å². The zero-order chi connectivity index (χ0) is 15.1. The molecule has 0 N–H and O–H groups in total. The Morgan fingerprint density at radius 2 is 1.11 bits per heavy atom. The summed E-state index contributed by atoms with van der Waals surface area (Å²) in [5.41, 5.74) is -0.252. The minimum atomic E-state index is -5.29. The van der Waals surface area contributed by atoms with Crippen LogP contribution in [-0.4, -0.2) is 59.9 Å². The van der Waals surface area contributed by atoms with Crippen molar-refractivity contribution in [3.63, 3.8) is 0 Å². The molecule has 0 radical (unpaired) electrons. The first-order chi connectivity index (χ1) is 8.33. The molecule has 0 aromatic rings. The summed E-state index contributed by atoms with van der Waals surface area (Å²) in [4.78, 5) is 2.36. The summed E-state index contributed by atoms with van der Waals surface area (Å²) in [6, 6.07) is -3.36. The Balaban J connectivity index is 2.77. The highest BCUT2D eigenvalue weighted by molar-refractivity contribution is 4.90. The fourth-order valence-electron chi connectivity index (χ4n) is 2.25. The molecule has 2 nitrogen and oxygen atoms in total. The number of halogens is 6. The molecule has 0 aromatic carbocycles. The van der Waals surface area contributed by atoms with Gasteiger partial charge in [0.15, 0.2) is 0 Å². The van der Waals surface area contributed by atoms with E-state index in [1.54, 1.807) is 0 Å². The van der Waals surface area contributed by atoms with Gasteiger partial charge in [0.25, 0.3) is 0 Å². The fourth-order valence-corrected chi connectivity index (χ4v) is 2.25. The molecular weight excluding hydrogens is 274 g/mol. The Labute approximate surface area is 108 Å². The lowest BCUT2D eigenvalue weighted by atomic mass is 10.0. The molecule has 0 unspecified atom stereocenters. The topological polar surface area (TPSA) is 6.48 Å². The zero-order valence-corrected chi connectivity index (χ0v) is 11.1. The average molecular weight is 292 g/mol. The van der Waals surface area contributed by atoms with Gasteiger partial charge in [-0.25, -0.2) is 0 Å². The van der Waals surface area contributed by atoms with Crippen molar-refractivity contribution in [3.05, 3.63) is 0 Å². The normalized spacial score (nSPS) is 21.2. The lowest BCUT2D eigenvalue weighted by Gasteiger charge is -2.45.